The maximum Gasteiger partial charge on any atom is 0.260 e. The molecule has 1 rings (SSSR count). The van der Waals surface area contributed by atoms with Crippen LogP contribution in [0.15, 0.2) is 54.7 Å². The normalized spacial score (nSPS) is 12.3. The number of hydrogen-bond acceptors (Lipinski definition) is 3. The molecule has 0 aliphatic rings. The lowest BCUT2D eigenvalue weighted by Gasteiger charge is -2.30. The van der Waals surface area contributed by atoms with Gasteiger partial charge in [0.25, 0.3) is 10.0 Å². The molecule has 110 valence electrons. The summed E-state index contributed by atoms with van der Waals surface area (Å²) in [6, 6.07) is 4.87. The Morgan fingerprint density at radius 2 is 2.00 bits per heavy atom. The fraction of sp³-hybridized carbons (Fsp3) is 0.400. The lowest BCUT2D eigenvalue weighted by Crippen LogP contribution is -2.39. The quantitative estimate of drug-likeness (QED) is 0.693. The number of rotatable bonds is 8. The van der Waals surface area contributed by atoms with Crippen molar-refractivity contribution < 1.29 is 8.42 Å². The molecule has 0 atom stereocenters. The molecule has 0 aliphatic carbocycles. The number of pyridine rings is 1. The van der Waals surface area contributed by atoms with Crippen molar-refractivity contribution in [1.29, 1.82) is 0 Å². The Labute approximate surface area is 121 Å². The Morgan fingerprint density at radius 3 is 2.50 bits per heavy atom. The van der Waals surface area contributed by atoms with Crippen molar-refractivity contribution in [3.8, 4) is 0 Å². The van der Waals surface area contributed by atoms with E-state index in [2.05, 4.69) is 18.1 Å². The molecule has 1 aromatic heterocycles. The van der Waals surface area contributed by atoms with Crippen LogP contribution in [0.2, 0.25) is 0 Å². The monoisotopic (exact) mass is 294 g/mol. The highest BCUT2D eigenvalue weighted by atomic mass is 32.2. The summed E-state index contributed by atoms with van der Waals surface area (Å²) in [6.45, 7) is 12.0. The summed E-state index contributed by atoms with van der Waals surface area (Å²) < 4.78 is 26.6. The van der Waals surface area contributed by atoms with E-state index in [-0.39, 0.29) is 17.0 Å². The number of nitrogens with zero attached hydrogens (tertiary/aromatic N) is 2. The van der Waals surface area contributed by atoms with E-state index in [1.165, 1.54) is 16.6 Å². The molecule has 0 aliphatic heterocycles. The minimum absolute atomic E-state index is 0.0660. The van der Waals surface area contributed by atoms with Crippen molar-refractivity contribution in [2.24, 2.45) is 5.41 Å². The van der Waals surface area contributed by atoms with Crippen molar-refractivity contribution in [2.45, 2.75) is 25.3 Å². The van der Waals surface area contributed by atoms with Gasteiger partial charge < -0.3 is 0 Å². The Hall–Kier alpha value is -1.46. The van der Waals surface area contributed by atoms with Gasteiger partial charge in [0.05, 0.1) is 0 Å². The molecule has 0 saturated heterocycles. The average molecular weight is 294 g/mol. The van der Waals surface area contributed by atoms with Crippen molar-refractivity contribution in [3.63, 3.8) is 0 Å². The second kappa shape index (κ2) is 6.81. The number of sulfonamides is 1. The van der Waals surface area contributed by atoms with Crippen molar-refractivity contribution in [3.05, 3.63) is 49.7 Å². The lowest BCUT2D eigenvalue weighted by molar-refractivity contribution is 0.273. The highest BCUT2D eigenvalue weighted by Gasteiger charge is 2.30. The van der Waals surface area contributed by atoms with E-state index in [1.807, 2.05) is 13.8 Å². The fourth-order valence-electron chi connectivity index (χ4n) is 1.96. The minimum Gasteiger partial charge on any atom is -0.243 e. The van der Waals surface area contributed by atoms with E-state index in [1.54, 1.807) is 24.3 Å². The maximum absolute atomic E-state index is 12.6. The SMILES string of the molecule is C=CCN(CC(C)(C)CC=C)S(=O)(=O)c1ccccn1. The van der Waals surface area contributed by atoms with Crippen LogP contribution >= 0.6 is 0 Å². The number of allylic oxidation sites excluding steroid dienone is 1. The second-order valence-corrected chi connectivity index (χ2v) is 7.30. The van der Waals surface area contributed by atoms with Gasteiger partial charge >= 0.3 is 0 Å². The zero-order valence-corrected chi connectivity index (χ0v) is 12.9. The molecule has 4 nitrogen and oxygen atoms in total. The van der Waals surface area contributed by atoms with Crippen LogP contribution in [-0.4, -0.2) is 30.8 Å². The summed E-state index contributed by atoms with van der Waals surface area (Å²) in [7, 11) is -3.60. The molecular weight excluding hydrogens is 272 g/mol. The minimum atomic E-state index is -3.60. The molecule has 0 N–H and O–H groups in total. The van der Waals surface area contributed by atoms with Crippen molar-refractivity contribution >= 4 is 10.0 Å². The van der Waals surface area contributed by atoms with Gasteiger partial charge in [-0.05, 0) is 24.0 Å². The molecular formula is C15H22N2O2S. The van der Waals surface area contributed by atoms with Gasteiger partial charge in [-0.25, -0.2) is 13.4 Å². The summed E-state index contributed by atoms with van der Waals surface area (Å²) in [6.07, 6.45) is 5.61. The maximum atomic E-state index is 12.6. The first kappa shape index (κ1) is 16.6. The fourth-order valence-corrected chi connectivity index (χ4v) is 3.49. The van der Waals surface area contributed by atoms with Gasteiger partial charge in [0.2, 0.25) is 0 Å². The van der Waals surface area contributed by atoms with Gasteiger partial charge in [-0.2, -0.15) is 4.31 Å². The van der Waals surface area contributed by atoms with Gasteiger partial charge in [0.1, 0.15) is 0 Å². The molecule has 1 aromatic rings. The molecule has 20 heavy (non-hydrogen) atoms. The van der Waals surface area contributed by atoms with Crippen LogP contribution in [0.4, 0.5) is 0 Å². The molecule has 0 saturated carbocycles. The summed E-state index contributed by atoms with van der Waals surface area (Å²) in [4.78, 5) is 3.95. The largest absolute Gasteiger partial charge is 0.260 e. The van der Waals surface area contributed by atoms with E-state index in [9.17, 15) is 8.42 Å². The third kappa shape index (κ3) is 4.28. The topological polar surface area (TPSA) is 50.3 Å². The summed E-state index contributed by atoms with van der Waals surface area (Å²) in [5.74, 6) is 0. The van der Waals surface area contributed by atoms with Crippen LogP contribution in [0.3, 0.4) is 0 Å². The highest BCUT2D eigenvalue weighted by molar-refractivity contribution is 7.89. The summed E-state index contributed by atoms with van der Waals surface area (Å²) in [5, 5.41) is 0.0660. The third-order valence-electron chi connectivity index (χ3n) is 2.88. The van der Waals surface area contributed by atoms with E-state index < -0.39 is 10.0 Å². The molecule has 0 spiro atoms. The molecule has 1 heterocycles. The van der Waals surface area contributed by atoms with Crippen LogP contribution in [0.25, 0.3) is 0 Å². The molecule has 0 fully saturated rings. The van der Waals surface area contributed by atoms with Crippen molar-refractivity contribution in [1.82, 2.24) is 9.29 Å². The summed E-state index contributed by atoms with van der Waals surface area (Å²) in [5.41, 5.74) is -0.188. The smallest absolute Gasteiger partial charge is 0.243 e. The molecule has 5 heteroatoms. The van der Waals surface area contributed by atoms with Crippen LogP contribution in [0, 0.1) is 5.41 Å². The first-order valence-electron chi connectivity index (χ1n) is 6.46. The molecule has 0 radical (unpaired) electrons. The molecule has 0 amide bonds. The zero-order valence-electron chi connectivity index (χ0n) is 12.1. The zero-order chi connectivity index (χ0) is 15.2. The molecule has 0 aromatic carbocycles. The van der Waals surface area contributed by atoms with Gasteiger partial charge in [0, 0.05) is 19.3 Å². The molecule has 0 unspecified atom stereocenters. The van der Waals surface area contributed by atoms with Gasteiger partial charge in [0.15, 0.2) is 5.03 Å². The first-order chi connectivity index (χ1) is 9.33. The summed E-state index contributed by atoms with van der Waals surface area (Å²) >= 11 is 0. The average Bonchev–Trinajstić information content (AvgIpc) is 2.39. The van der Waals surface area contributed by atoms with E-state index in [0.29, 0.717) is 6.54 Å². The van der Waals surface area contributed by atoms with E-state index >= 15 is 0 Å². The predicted molar refractivity (Wildman–Crippen MR) is 81.8 cm³/mol. The van der Waals surface area contributed by atoms with Crippen LogP contribution in [0.5, 0.6) is 0 Å². The van der Waals surface area contributed by atoms with Crippen LogP contribution < -0.4 is 0 Å². The van der Waals surface area contributed by atoms with Gasteiger partial charge in [-0.1, -0.05) is 32.1 Å². The number of hydrogen-bond donors (Lipinski definition) is 0. The van der Waals surface area contributed by atoms with E-state index in [0.717, 1.165) is 6.42 Å². The lowest BCUT2D eigenvalue weighted by atomic mass is 9.89. The van der Waals surface area contributed by atoms with Gasteiger partial charge in [-0.15, -0.1) is 13.2 Å². The second-order valence-electron chi connectivity index (χ2n) is 5.41. The first-order valence-corrected chi connectivity index (χ1v) is 7.90. The Kier molecular flexibility index (Phi) is 5.65. The van der Waals surface area contributed by atoms with Gasteiger partial charge in [-0.3, -0.25) is 0 Å². The highest BCUT2D eigenvalue weighted by Crippen LogP contribution is 2.25. The Balaban J connectivity index is 3.07. The van der Waals surface area contributed by atoms with Crippen LogP contribution in [-0.2, 0) is 10.0 Å². The van der Waals surface area contributed by atoms with E-state index in [4.69, 9.17) is 0 Å². The Morgan fingerprint density at radius 1 is 1.30 bits per heavy atom. The standard InChI is InChI=1S/C15H22N2O2S/c1-5-10-15(3,4)13-17(12-6-2)20(18,19)14-9-7-8-11-16-14/h5-9,11H,1-2,10,12-13H2,3-4H3. The number of aromatic nitrogens is 1. The third-order valence-corrected chi connectivity index (χ3v) is 4.60. The van der Waals surface area contributed by atoms with Crippen molar-refractivity contribution in [2.75, 3.05) is 13.1 Å². The Bertz CT molecular complexity index is 550. The van der Waals surface area contributed by atoms with Crippen LogP contribution in [0.1, 0.15) is 20.3 Å². The molecule has 0 bridgehead atoms. The predicted octanol–water partition coefficient (Wildman–Crippen LogP) is 2.86.